The van der Waals surface area contributed by atoms with Crippen LogP contribution in [0.2, 0.25) is 0 Å². The number of primary amides is 1. The summed E-state index contributed by atoms with van der Waals surface area (Å²) < 4.78 is 0. The van der Waals surface area contributed by atoms with E-state index in [-0.39, 0.29) is 5.91 Å². The maximum atomic E-state index is 11.7. The first-order valence-corrected chi connectivity index (χ1v) is 6.73. The van der Waals surface area contributed by atoms with Gasteiger partial charge in [-0.25, -0.2) is 0 Å². The second-order valence-electron chi connectivity index (χ2n) is 5.30. The van der Waals surface area contributed by atoms with E-state index in [0.29, 0.717) is 12.1 Å². The summed E-state index contributed by atoms with van der Waals surface area (Å²) in [6.45, 7) is 7.25. The zero-order chi connectivity index (χ0) is 13.1. The van der Waals surface area contributed by atoms with Gasteiger partial charge in [-0.05, 0) is 46.2 Å². The van der Waals surface area contributed by atoms with Gasteiger partial charge in [0.1, 0.15) is 0 Å². The van der Waals surface area contributed by atoms with E-state index in [2.05, 4.69) is 31.1 Å². The maximum absolute atomic E-state index is 11.7. The summed E-state index contributed by atoms with van der Waals surface area (Å²) in [5, 5.41) is 3.30. The average molecular weight is 241 g/mol. The highest BCUT2D eigenvalue weighted by atomic mass is 16.1. The molecule has 0 spiro atoms. The highest BCUT2D eigenvalue weighted by molar-refractivity contribution is 5.85. The Balaban J connectivity index is 2.69. The van der Waals surface area contributed by atoms with Crippen molar-refractivity contribution in [3.8, 4) is 0 Å². The van der Waals surface area contributed by atoms with Crippen LogP contribution < -0.4 is 11.1 Å². The van der Waals surface area contributed by atoms with Gasteiger partial charge in [0.15, 0.2) is 0 Å². The summed E-state index contributed by atoms with van der Waals surface area (Å²) in [7, 11) is 2.15. The number of rotatable bonds is 6. The van der Waals surface area contributed by atoms with E-state index in [1.165, 1.54) is 0 Å². The summed E-state index contributed by atoms with van der Waals surface area (Å²) in [4.78, 5) is 14.1. The Hall–Kier alpha value is -0.610. The number of hydrogen-bond acceptors (Lipinski definition) is 3. The largest absolute Gasteiger partial charge is 0.368 e. The molecule has 0 aliphatic heterocycles. The molecule has 17 heavy (non-hydrogen) atoms. The third-order valence-corrected chi connectivity index (χ3v) is 4.34. The molecule has 0 radical (unpaired) electrons. The Kier molecular flexibility index (Phi) is 4.95. The Morgan fingerprint density at radius 1 is 1.59 bits per heavy atom. The maximum Gasteiger partial charge on any atom is 0.237 e. The van der Waals surface area contributed by atoms with Crippen molar-refractivity contribution in [2.75, 3.05) is 13.6 Å². The molecular weight excluding hydrogens is 214 g/mol. The predicted molar refractivity (Wildman–Crippen MR) is 70.8 cm³/mol. The van der Waals surface area contributed by atoms with Crippen LogP contribution in [0.1, 0.15) is 46.5 Å². The third-order valence-electron chi connectivity index (χ3n) is 4.34. The Morgan fingerprint density at radius 2 is 2.24 bits per heavy atom. The lowest BCUT2D eigenvalue weighted by Gasteiger charge is -2.32. The molecule has 1 saturated carbocycles. The number of hydrogen-bond donors (Lipinski definition) is 2. The lowest BCUT2D eigenvalue weighted by Crippen LogP contribution is -2.54. The van der Waals surface area contributed by atoms with Gasteiger partial charge in [0.25, 0.3) is 0 Å². The van der Waals surface area contributed by atoms with Crippen LogP contribution in [0.4, 0.5) is 0 Å². The van der Waals surface area contributed by atoms with E-state index in [9.17, 15) is 4.79 Å². The fourth-order valence-electron chi connectivity index (χ4n) is 2.82. The molecule has 0 saturated heterocycles. The summed E-state index contributed by atoms with van der Waals surface area (Å²) >= 11 is 0. The SMILES string of the molecule is CCNC1(C(N)=O)CCC(N(C)C(C)CC)C1. The van der Waals surface area contributed by atoms with Crippen molar-refractivity contribution in [2.24, 2.45) is 5.73 Å². The highest BCUT2D eigenvalue weighted by Gasteiger charge is 2.44. The minimum atomic E-state index is -0.471. The molecule has 3 N–H and O–H groups in total. The van der Waals surface area contributed by atoms with Gasteiger partial charge in [0, 0.05) is 12.1 Å². The van der Waals surface area contributed by atoms with Crippen molar-refractivity contribution >= 4 is 5.91 Å². The smallest absolute Gasteiger partial charge is 0.237 e. The molecule has 0 aromatic carbocycles. The van der Waals surface area contributed by atoms with Crippen LogP contribution in [-0.4, -0.2) is 42.0 Å². The summed E-state index contributed by atoms with van der Waals surface area (Å²) in [6, 6.07) is 1.03. The van der Waals surface area contributed by atoms with Crippen LogP contribution in [0.5, 0.6) is 0 Å². The van der Waals surface area contributed by atoms with Crippen molar-refractivity contribution in [1.82, 2.24) is 10.2 Å². The Bertz CT molecular complexity index is 269. The number of carbonyl (C=O) groups is 1. The molecule has 1 aliphatic carbocycles. The molecule has 0 aromatic rings. The number of nitrogens with two attached hydrogens (primary N) is 1. The van der Waals surface area contributed by atoms with Crippen molar-refractivity contribution in [2.45, 2.75) is 64.1 Å². The van der Waals surface area contributed by atoms with Gasteiger partial charge < -0.3 is 16.0 Å². The molecule has 1 fully saturated rings. The number of amides is 1. The predicted octanol–water partition coefficient (Wildman–Crippen LogP) is 1.10. The highest BCUT2D eigenvalue weighted by Crippen LogP contribution is 2.33. The number of nitrogens with one attached hydrogen (secondary N) is 1. The molecule has 1 aliphatic rings. The van der Waals surface area contributed by atoms with Crippen LogP contribution >= 0.6 is 0 Å². The fourth-order valence-corrected chi connectivity index (χ4v) is 2.82. The monoisotopic (exact) mass is 241 g/mol. The number of likely N-dealkylation sites (N-methyl/N-ethyl adjacent to an activating group) is 1. The van der Waals surface area contributed by atoms with E-state index >= 15 is 0 Å². The first kappa shape index (κ1) is 14.5. The van der Waals surface area contributed by atoms with Crippen molar-refractivity contribution < 1.29 is 4.79 Å². The molecule has 3 atom stereocenters. The standard InChI is InChI=1S/C13H27N3O/c1-5-10(3)16(4)11-7-8-13(9-11,12(14)17)15-6-2/h10-11,15H,5-9H2,1-4H3,(H2,14,17). The van der Waals surface area contributed by atoms with Crippen LogP contribution in [0.3, 0.4) is 0 Å². The first-order valence-electron chi connectivity index (χ1n) is 6.73. The average Bonchev–Trinajstić information content (AvgIpc) is 2.73. The second kappa shape index (κ2) is 5.83. The molecule has 1 amide bonds. The quantitative estimate of drug-likeness (QED) is 0.732. The van der Waals surface area contributed by atoms with Gasteiger partial charge in [-0.15, -0.1) is 0 Å². The fraction of sp³-hybridized carbons (Fsp3) is 0.923. The van der Waals surface area contributed by atoms with Crippen LogP contribution in [0.25, 0.3) is 0 Å². The number of carbonyl (C=O) groups excluding carboxylic acids is 1. The summed E-state index contributed by atoms with van der Waals surface area (Å²) in [5.74, 6) is -0.195. The molecule has 3 unspecified atom stereocenters. The Labute approximate surface area is 105 Å². The lowest BCUT2D eigenvalue weighted by atomic mass is 9.96. The van der Waals surface area contributed by atoms with Crippen LogP contribution in [0, 0.1) is 0 Å². The molecule has 4 nitrogen and oxygen atoms in total. The van der Waals surface area contributed by atoms with Crippen molar-refractivity contribution in [3.05, 3.63) is 0 Å². The molecule has 4 heteroatoms. The zero-order valence-corrected chi connectivity index (χ0v) is 11.6. The minimum Gasteiger partial charge on any atom is -0.368 e. The molecule has 0 aromatic heterocycles. The Morgan fingerprint density at radius 3 is 2.71 bits per heavy atom. The normalized spacial score (nSPS) is 30.8. The molecule has 0 bridgehead atoms. The molecular formula is C13H27N3O. The third kappa shape index (κ3) is 2.99. The van der Waals surface area contributed by atoms with Gasteiger partial charge in [-0.1, -0.05) is 13.8 Å². The number of nitrogens with zero attached hydrogens (tertiary/aromatic N) is 1. The van der Waals surface area contributed by atoms with Gasteiger partial charge in [-0.2, -0.15) is 0 Å². The van der Waals surface area contributed by atoms with Gasteiger partial charge in [0.2, 0.25) is 5.91 Å². The van der Waals surface area contributed by atoms with Gasteiger partial charge in [0.05, 0.1) is 5.54 Å². The van der Waals surface area contributed by atoms with Crippen molar-refractivity contribution in [1.29, 1.82) is 0 Å². The van der Waals surface area contributed by atoms with E-state index in [1.54, 1.807) is 0 Å². The molecule has 100 valence electrons. The minimum absolute atomic E-state index is 0.195. The van der Waals surface area contributed by atoms with E-state index in [1.807, 2.05) is 6.92 Å². The summed E-state index contributed by atoms with van der Waals surface area (Å²) in [5.41, 5.74) is 5.10. The summed E-state index contributed by atoms with van der Waals surface area (Å²) in [6.07, 6.45) is 3.90. The van der Waals surface area contributed by atoms with E-state index in [0.717, 1.165) is 32.2 Å². The topological polar surface area (TPSA) is 58.4 Å². The van der Waals surface area contributed by atoms with E-state index < -0.39 is 5.54 Å². The molecule has 1 rings (SSSR count). The van der Waals surface area contributed by atoms with Crippen molar-refractivity contribution in [3.63, 3.8) is 0 Å². The van der Waals surface area contributed by atoms with E-state index in [4.69, 9.17) is 5.73 Å². The lowest BCUT2D eigenvalue weighted by molar-refractivity contribution is -0.124. The van der Waals surface area contributed by atoms with Gasteiger partial charge in [-0.3, -0.25) is 4.79 Å². The van der Waals surface area contributed by atoms with Crippen LogP contribution in [-0.2, 0) is 4.79 Å². The zero-order valence-electron chi connectivity index (χ0n) is 11.6. The van der Waals surface area contributed by atoms with Gasteiger partial charge >= 0.3 is 0 Å². The van der Waals surface area contributed by atoms with Crippen LogP contribution in [0.15, 0.2) is 0 Å². The molecule has 0 heterocycles. The first-order chi connectivity index (χ1) is 7.96. The second-order valence-corrected chi connectivity index (χ2v) is 5.30.